The predicted octanol–water partition coefficient (Wildman–Crippen LogP) is 3.92. The number of nitrogens with zero attached hydrogens (tertiary/aromatic N) is 3. The number of para-hydroxylation sites is 1. The van der Waals surface area contributed by atoms with E-state index in [0.717, 1.165) is 41.8 Å². The zero-order chi connectivity index (χ0) is 21.8. The molecule has 7 nitrogen and oxygen atoms in total. The third kappa shape index (κ3) is 4.45. The highest BCUT2D eigenvalue weighted by Crippen LogP contribution is 2.29. The molecule has 0 atom stereocenters. The second-order valence-electron chi connectivity index (χ2n) is 7.65. The van der Waals surface area contributed by atoms with E-state index >= 15 is 0 Å². The molecule has 7 heteroatoms. The summed E-state index contributed by atoms with van der Waals surface area (Å²) in [5.41, 5.74) is 6.90. The molecule has 4 rings (SSSR count). The molecule has 0 saturated heterocycles. The Kier molecular flexibility index (Phi) is 6.02. The second kappa shape index (κ2) is 9.04. The van der Waals surface area contributed by atoms with Crippen molar-refractivity contribution in [2.45, 2.75) is 39.2 Å². The van der Waals surface area contributed by atoms with Crippen molar-refractivity contribution >= 4 is 12.1 Å². The highest BCUT2D eigenvalue weighted by atomic mass is 16.5. The van der Waals surface area contributed by atoms with Gasteiger partial charge in [0, 0.05) is 11.3 Å². The number of hydrogen-bond donors (Lipinski definition) is 1. The van der Waals surface area contributed by atoms with Crippen LogP contribution in [0.15, 0.2) is 53.6 Å². The Morgan fingerprint density at radius 3 is 2.71 bits per heavy atom. The van der Waals surface area contributed by atoms with E-state index in [-0.39, 0.29) is 12.0 Å². The van der Waals surface area contributed by atoms with Gasteiger partial charge in [0.2, 0.25) is 0 Å². The van der Waals surface area contributed by atoms with Crippen LogP contribution in [-0.4, -0.2) is 35.1 Å². The Bertz CT molecular complexity index is 1100. The van der Waals surface area contributed by atoms with Gasteiger partial charge >= 0.3 is 0 Å². The van der Waals surface area contributed by atoms with Crippen molar-refractivity contribution in [2.24, 2.45) is 5.10 Å². The maximum absolute atomic E-state index is 12.8. The summed E-state index contributed by atoms with van der Waals surface area (Å²) in [6, 6.07) is 15.4. The second-order valence-corrected chi connectivity index (χ2v) is 7.65. The zero-order valence-corrected chi connectivity index (χ0v) is 18.0. The summed E-state index contributed by atoms with van der Waals surface area (Å²) in [7, 11) is 1.59. The number of carbonyl (C=O) groups excluding carboxylic acids is 1. The van der Waals surface area contributed by atoms with Crippen molar-refractivity contribution in [3.8, 4) is 17.2 Å². The number of methoxy groups -OCH3 is 1. The van der Waals surface area contributed by atoms with Gasteiger partial charge in [0.1, 0.15) is 0 Å². The number of amides is 1. The van der Waals surface area contributed by atoms with Gasteiger partial charge in [-0.3, -0.25) is 4.79 Å². The number of carbonyl (C=O) groups is 1. The molecule has 3 aromatic rings. The van der Waals surface area contributed by atoms with Gasteiger partial charge in [-0.05, 0) is 69.0 Å². The molecule has 0 radical (unpaired) electrons. The van der Waals surface area contributed by atoms with E-state index in [9.17, 15) is 4.79 Å². The van der Waals surface area contributed by atoms with Gasteiger partial charge in [0.15, 0.2) is 17.2 Å². The van der Waals surface area contributed by atoms with Crippen LogP contribution in [0.3, 0.4) is 0 Å². The number of hydrazone groups is 1. The monoisotopic (exact) mass is 418 g/mol. The Morgan fingerprint density at radius 2 is 1.97 bits per heavy atom. The Labute approximate surface area is 181 Å². The number of aromatic nitrogens is 2. The Balaban J connectivity index is 1.50. The first-order valence-corrected chi connectivity index (χ1v) is 10.4. The molecule has 0 bridgehead atoms. The molecule has 0 aliphatic heterocycles. The van der Waals surface area contributed by atoms with Crippen molar-refractivity contribution in [1.82, 2.24) is 15.2 Å². The van der Waals surface area contributed by atoms with E-state index in [1.54, 1.807) is 13.3 Å². The molecule has 1 aromatic heterocycles. The molecule has 1 aliphatic rings. The summed E-state index contributed by atoms with van der Waals surface area (Å²) in [5, 5.41) is 8.71. The number of rotatable bonds is 7. The lowest BCUT2D eigenvalue weighted by Crippen LogP contribution is -2.20. The third-order valence-electron chi connectivity index (χ3n) is 5.08. The van der Waals surface area contributed by atoms with Crippen LogP contribution in [0.1, 0.15) is 47.6 Å². The smallest absolute Gasteiger partial charge is 0.292 e. The minimum Gasteiger partial charge on any atom is -0.493 e. The molecule has 1 aliphatic carbocycles. The summed E-state index contributed by atoms with van der Waals surface area (Å²) in [5.74, 6) is 0.972. The molecule has 1 amide bonds. The van der Waals surface area contributed by atoms with Gasteiger partial charge in [-0.25, -0.2) is 10.1 Å². The lowest BCUT2D eigenvalue weighted by molar-refractivity contribution is 0.0949. The molecule has 0 unspecified atom stereocenters. The van der Waals surface area contributed by atoms with Crippen LogP contribution in [0.4, 0.5) is 0 Å². The molecular weight excluding hydrogens is 392 g/mol. The van der Waals surface area contributed by atoms with E-state index in [4.69, 9.17) is 9.47 Å². The fourth-order valence-corrected chi connectivity index (χ4v) is 3.74. The van der Waals surface area contributed by atoms with Crippen LogP contribution in [-0.2, 0) is 12.8 Å². The summed E-state index contributed by atoms with van der Waals surface area (Å²) in [4.78, 5) is 12.8. The molecule has 1 heterocycles. The van der Waals surface area contributed by atoms with Crippen molar-refractivity contribution < 1.29 is 14.3 Å². The van der Waals surface area contributed by atoms with Gasteiger partial charge in [-0.15, -0.1) is 0 Å². The fourth-order valence-electron chi connectivity index (χ4n) is 3.74. The van der Waals surface area contributed by atoms with Gasteiger partial charge in [-0.2, -0.15) is 10.2 Å². The van der Waals surface area contributed by atoms with Crippen LogP contribution in [0.5, 0.6) is 11.5 Å². The number of hydrogen-bond acceptors (Lipinski definition) is 5. The first kappa shape index (κ1) is 20.7. The minimum absolute atomic E-state index is 0.0464. The molecule has 160 valence electrons. The summed E-state index contributed by atoms with van der Waals surface area (Å²) < 4.78 is 13.0. The SMILES string of the molecule is COc1cc(/C=N/NC(=O)c2nn(-c3ccccc3)c3c2CCC3)ccc1OC(C)C. The maximum atomic E-state index is 12.8. The van der Waals surface area contributed by atoms with Gasteiger partial charge in [0.05, 0.1) is 25.1 Å². The molecule has 31 heavy (non-hydrogen) atoms. The standard InChI is InChI=1S/C24H26N4O3/c1-16(2)31-21-13-12-17(14-22(21)30-3)15-25-26-24(29)23-19-10-7-11-20(19)28(27-23)18-8-5-4-6-9-18/h4-6,8-9,12-16H,7,10-11H2,1-3H3,(H,26,29)/b25-15+. The summed E-state index contributed by atoms with van der Waals surface area (Å²) in [6.07, 6.45) is 4.41. The van der Waals surface area contributed by atoms with Gasteiger partial charge in [-0.1, -0.05) is 18.2 Å². The summed E-state index contributed by atoms with van der Waals surface area (Å²) in [6.45, 7) is 3.92. The van der Waals surface area contributed by atoms with E-state index in [2.05, 4.69) is 15.6 Å². The molecule has 0 spiro atoms. The van der Waals surface area contributed by atoms with Gasteiger partial charge < -0.3 is 9.47 Å². The van der Waals surface area contributed by atoms with E-state index in [0.29, 0.717) is 17.2 Å². The first-order valence-electron chi connectivity index (χ1n) is 10.4. The largest absolute Gasteiger partial charge is 0.493 e. The summed E-state index contributed by atoms with van der Waals surface area (Å²) >= 11 is 0. The molecular formula is C24H26N4O3. The fraction of sp³-hybridized carbons (Fsp3) is 0.292. The molecule has 1 N–H and O–H groups in total. The van der Waals surface area contributed by atoms with E-state index in [1.807, 2.05) is 67.1 Å². The van der Waals surface area contributed by atoms with Crippen LogP contribution in [0.25, 0.3) is 5.69 Å². The molecule has 0 fully saturated rings. The lowest BCUT2D eigenvalue weighted by Gasteiger charge is -2.13. The van der Waals surface area contributed by atoms with Crippen LogP contribution in [0.2, 0.25) is 0 Å². The Hall–Kier alpha value is -3.61. The zero-order valence-electron chi connectivity index (χ0n) is 18.0. The minimum atomic E-state index is -0.309. The number of ether oxygens (including phenoxy) is 2. The number of benzene rings is 2. The van der Waals surface area contributed by atoms with Crippen molar-refractivity contribution in [3.63, 3.8) is 0 Å². The molecule has 2 aromatic carbocycles. The van der Waals surface area contributed by atoms with Crippen molar-refractivity contribution in [1.29, 1.82) is 0 Å². The Morgan fingerprint density at radius 1 is 1.16 bits per heavy atom. The number of nitrogens with one attached hydrogen (secondary N) is 1. The van der Waals surface area contributed by atoms with Crippen molar-refractivity contribution in [2.75, 3.05) is 7.11 Å². The van der Waals surface area contributed by atoms with Crippen LogP contribution in [0, 0.1) is 0 Å². The predicted molar refractivity (Wildman–Crippen MR) is 119 cm³/mol. The maximum Gasteiger partial charge on any atom is 0.292 e. The van der Waals surface area contributed by atoms with E-state index < -0.39 is 0 Å². The third-order valence-corrected chi connectivity index (χ3v) is 5.08. The highest BCUT2D eigenvalue weighted by Gasteiger charge is 2.26. The number of fused-ring (bicyclic) bond motifs is 1. The van der Waals surface area contributed by atoms with Crippen LogP contribution >= 0.6 is 0 Å². The lowest BCUT2D eigenvalue weighted by atomic mass is 10.2. The van der Waals surface area contributed by atoms with E-state index in [1.165, 1.54) is 0 Å². The van der Waals surface area contributed by atoms with Crippen LogP contribution < -0.4 is 14.9 Å². The normalized spacial score (nSPS) is 12.9. The van der Waals surface area contributed by atoms with Crippen molar-refractivity contribution in [3.05, 3.63) is 71.0 Å². The quantitative estimate of drug-likeness (QED) is 0.466. The first-order chi connectivity index (χ1) is 15.1. The highest BCUT2D eigenvalue weighted by molar-refractivity contribution is 5.95. The molecule has 0 saturated carbocycles. The average Bonchev–Trinajstić information content (AvgIpc) is 3.37. The van der Waals surface area contributed by atoms with Gasteiger partial charge in [0.25, 0.3) is 5.91 Å². The average molecular weight is 418 g/mol. The topological polar surface area (TPSA) is 77.7 Å².